The third kappa shape index (κ3) is 7.08. The van der Waals surface area contributed by atoms with Crippen molar-refractivity contribution in [2.75, 3.05) is 69.0 Å². The molecule has 1 aliphatic rings. The highest BCUT2D eigenvalue weighted by molar-refractivity contribution is 6.33. The van der Waals surface area contributed by atoms with Crippen LogP contribution in [0.1, 0.15) is 17.3 Å². The Balaban J connectivity index is 1.84. The van der Waals surface area contributed by atoms with Gasteiger partial charge in [0.1, 0.15) is 0 Å². The molecule has 10 nitrogen and oxygen atoms in total. The molecule has 1 aromatic heterocycles. The van der Waals surface area contributed by atoms with E-state index in [2.05, 4.69) is 35.7 Å². The van der Waals surface area contributed by atoms with Crippen molar-refractivity contribution in [3.05, 3.63) is 52.8 Å². The Labute approximate surface area is 210 Å². The number of aliphatic hydroxyl groups excluding tert-OH is 1. The standard InChI is InChI=1S/C24H33ClN8O2/c1-16(26)12-22(27-2)31-23-14-21(19(25)15-29-23)30-20-5-4-17(13-18(20)24(35)28-3)33-8-6-32(7-9-33)10-11-34/h4-5,12-15,34H,6-11,26H2,1-3H3,(H,28,35)(H2,27,29,30,31)/p+1. The minimum absolute atomic E-state index is 0.160. The minimum Gasteiger partial charge on any atom is -0.402 e. The molecule has 35 heavy (non-hydrogen) atoms. The van der Waals surface area contributed by atoms with Gasteiger partial charge in [0.25, 0.3) is 11.7 Å². The van der Waals surface area contributed by atoms with Gasteiger partial charge in [-0.1, -0.05) is 11.6 Å². The number of pyridine rings is 1. The summed E-state index contributed by atoms with van der Waals surface area (Å²) in [6.45, 7) is 6.01. The van der Waals surface area contributed by atoms with Crippen LogP contribution in [0.25, 0.3) is 0 Å². The predicted octanol–water partition coefficient (Wildman–Crippen LogP) is 0.336. The molecule has 0 aliphatic carbocycles. The number of nitrogens with one attached hydrogen (secondary N) is 4. The average Bonchev–Trinajstić information content (AvgIpc) is 2.85. The molecule has 0 atom stereocenters. The molecular formula is C24H34ClN8O2+. The summed E-state index contributed by atoms with van der Waals surface area (Å²) in [4.78, 5) is 24.6. The van der Waals surface area contributed by atoms with E-state index in [1.54, 1.807) is 33.2 Å². The second-order valence-corrected chi connectivity index (χ2v) is 8.62. The fraction of sp³-hybridized carbons (Fsp3) is 0.375. The maximum atomic E-state index is 12.7. The number of aliphatic hydroxyl groups is 1. The number of anilines is 4. The largest absolute Gasteiger partial charge is 0.402 e. The number of hydrogen-bond donors (Lipinski definition) is 6. The Morgan fingerprint density at radius 3 is 2.63 bits per heavy atom. The first-order chi connectivity index (χ1) is 16.8. The van der Waals surface area contributed by atoms with E-state index in [4.69, 9.17) is 22.4 Å². The summed E-state index contributed by atoms with van der Waals surface area (Å²) in [6.07, 6.45) is 3.30. The Morgan fingerprint density at radius 2 is 2.00 bits per heavy atom. The average molecular weight is 502 g/mol. The molecule has 0 radical (unpaired) electrons. The molecule has 11 heteroatoms. The van der Waals surface area contributed by atoms with Gasteiger partial charge in [0, 0.05) is 63.3 Å². The van der Waals surface area contributed by atoms with E-state index in [9.17, 15) is 4.79 Å². The molecule has 0 bridgehead atoms. The van der Waals surface area contributed by atoms with Gasteiger partial charge in [0.15, 0.2) is 0 Å². The molecule has 2 heterocycles. The molecule has 1 aliphatic heterocycles. The monoisotopic (exact) mass is 501 g/mol. The highest BCUT2D eigenvalue weighted by atomic mass is 35.5. The fourth-order valence-electron chi connectivity index (χ4n) is 3.82. The maximum Gasteiger partial charge on any atom is 0.275 e. The topological polar surface area (TPSA) is 133 Å². The molecule has 3 rings (SSSR count). The number of nitrogens with zero attached hydrogens (tertiary/aromatic N) is 3. The van der Waals surface area contributed by atoms with Gasteiger partial charge < -0.3 is 26.4 Å². The number of aromatic nitrogens is 1. The summed E-state index contributed by atoms with van der Waals surface area (Å²) < 4.78 is 0. The van der Waals surface area contributed by atoms with E-state index in [-0.39, 0.29) is 12.5 Å². The lowest BCUT2D eigenvalue weighted by atomic mass is 10.1. The number of piperazine rings is 1. The van der Waals surface area contributed by atoms with E-state index in [1.165, 1.54) is 6.20 Å². The normalized spacial score (nSPS) is 15.2. The van der Waals surface area contributed by atoms with Gasteiger partial charge in [-0.05, 0) is 25.1 Å². The lowest BCUT2D eigenvalue weighted by Gasteiger charge is -2.36. The van der Waals surface area contributed by atoms with Crippen LogP contribution in [0.5, 0.6) is 0 Å². The first kappa shape index (κ1) is 26.3. The third-order valence-electron chi connectivity index (χ3n) is 5.66. The van der Waals surface area contributed by atoms with Gasteiger partial charge in [0.2, 0.25) is 5.82 Å². The van der Waals surface area contributed by atoms with Crippen molar-refractivity contribution in [2.24, 2.45) is 5.73 Å². The highest BCUT2D eigenvalue weighted by Crippen LogP contribution is 2.31. The number of benzene rings is 1. The maximum absolute atomic E-state index is 12.7. The summed E-state index contributed by atoms with van der Waals surface area (Å²) >= 11 is 6.42. The molecule has 2 aromatic rings. The number of nitrogens with two attached hydrogens (primary N) is 1. The van der Waals surface area contributed by atoms with E-state index in [0.717, 1.165) is 31.9 Å². The zero-order chi connectivity index (χ0) is 25.4. The number of rotatable bonds is 8. The summed E-state index contributed by atoms with van der Waals surface area (Å²) in [5.74, 6) is 1.03. The number of hydrogen-bond acceptors (Lipinski definition) is 7. The van der Waals surface area contributed by atoms with E-state index in [0.29, 0.717) is 45.9 Å². The molecule has 1 saturated heterocycles. The second kappa shape index (κ2) is 12.4. The van der Waals surface area contributed by atoms with Gasteiger partial charge >= 0.3 is 0 Å². The van der Waals surface area contributed by atoms with Crippen molar-refractivity contribution in [3.63, 3.8) is 0 Å². The van der Waals surface area contributed by atoms with E-state index in [1.807, 2.05) is 18.2 Å². The Morgan fingerprint density at radius 1 is 1.26 bits per heavy atom. The summed E-state index contributed by atoms with van der Waals surface area (Å²) in [5, 5.41) is 18.7. The number of carbonyl (C=O) groups is 1. The number of halogens is 1. The molecule has 1 fully saturated rings. The highest BCUT2D eigenvalue weighted by Gasteiger charge is 2.20. The van der Waals surface area contributed by atoms with Crippen LogP contribution in [0, 0.1) is 0 Å². The van der Waals surface area contributed by atoms with Crippen LogP contribution >= 0.6 is 11.6 Å². The van der Waals surface area contributed by atoms with Crippen LogP contribution in [-0.4, -0.2) is 80.2 Å². The van der Waals surface area contributed by atoms with Gasteiger partial charge in [-0.3, -0.25) is 14.7 Å². The third-order valence-corrected chi connectivity index (χ3v) is 5.96. The Bertz CT molecular complexity index is 1090. The zero-order valence-corrected chi connectivity index (χ0v) is 21.1. The van der Waals surface area contributed by atoms with Gasteiger partial charge in [-0.15, -0.1) is 0 Å². The Kier molecular flexibility index (Phi) is 9.30. The van der Waals surface area contributed by atoms with E-state index < -0.39 is 0 Å². The molecule has 0 unspecified atom stereocenters. The molecular weight excluding hydrogens is 468 g/mol. The van der Waals surface area contributed by atoms with Crippen molar-refractivity contribution in [2.45, 2.75) is 6.92 Å². The quantitative estimate of drug-likeness (QED) is 0.225. The molecule has 1 aromatic carbocycles. The Hall–Kier alpha value is -3.34. The smallest absolute Gasteiger partial charge is 0.275 e. The van der Waals surface area contributed by atoms with Gasteiger partial charge in [0.05, 0.1) is 41.8 Å². The second-order valence-electron chi connectivity index (χ2n) is 8.21. The summed E-state index contributed by atoms with van der Waals surface area (Å²) in [7, 11) is 3.39. The lowest BCUT2D eigenvalue weighted by molar-refractivity contribution is -0.418. The van der Waals surface area contributed by atoms with Gasteiger partial charge in [-0.25, -0.2) is 10.3 Å². The SMILES string of the molecule is CNC(=O)c1cc(N2CCN(CCO)CC2)ccc1Nc1cc(NC(C=C(C)N)=[NH+]C)ncc1Cl. The van der Waals surface area contributed by atoms with E-state index >= 15 is 0 Å². The van der Waals surface area contributed by atoms with Crippen LogP contribution < -0.4 is 31.6 Å². The lowest BCUT2D eigenvalue weighted by Crippen LogP contribution is -2.69. The first-order valence-electron chi connectivity index (χ1n) is 11.5. The van der Waals surface area contributed by atoms with Gasteiger partial charge in [-0.2, -0.15) is 0 Å². The van der Waals surface area contributed by atoms with Crippen LogP contribution in [0.2, 0.25) is 5.02 Å². The molecule has 7 N–H and O–H groups in total. The van der Waals surface area contributed by atoms with Crippen LogP contribution in [0.4, 0.5) is 22.9 Å². The van der Waals surface area contributed by atoms with Crippen molar-refractivity contribution in [1.82, 2.24) is 15.2 Å². The minimum atomic E-state index is -0.203. The molecule has 1 amide bonds. The van der Waals surface area contributed by atoms with Crippen molar-refractivity contribution in [3.8, 4) is 0 Å². The number of β-amino-alcohol motifs (C(OH)–C–C–N with tert-alkyl or cyclic N) is 1. The number of allylic oxidation sites excluding steroid dienone is 1. The fourth-order valence-corrected chi connectivity index (χ4v) is 3.97. The summed E-state index contributed by atoms with van der Waals surface area (Å²) in [6, 6.07) is 7.53. The summed E-state index contributed by atoms with van der Waals surface area (Å²) in [5.41, 5.74) is 9.12. The molecule has 188 valence electrons. The zero-order valence-electron chi connectivity index (χ0n) is 20.4. The predicted molar refractivity (Wildman–Crippen MR) is 142 cm³/mol. The molecule has 0 spiro atoms. The first-order valence-corrected chi connectivity index (χ1v) is 11.8. The van der Waals surface area contributed by atoms with Crippen molar-refractivity contribution < 1.29 is 14.9 Å². The van der Waals surface area contributed by atoms with Crippen LogP contribution in [0.15, 0.2) is 42.2 Å². The number of carbonyl (C=O) groups excluding carboxylic acids is 1. The number of amidine groups is 1. The van der Waals surface area contributed by atoms with Crippen LogP contribution in [0.3, 0.4) is 0 Å². The number of amides is 1. The molecule has 0 saturated carbocycles. The van der Waals surface area contributed by atoms with Crippen molar-refractivity contribution in [1.29, 1.82) is 0 Å². The van der Waals surface area contributed by atoms with Crippen LogP contribution in [-0.2, 0) is 0 Å². The van der Waals surface area contributed by atoms with Crippen molar-refractivity contribution >= 4 is 46.2 Å².